The van der Waals surface area contributed by atoms with Crippen molar-refractivity contribution in [2.45, 2.75) is 26.4 Å². The summed E-state index contributed by atoms with van der Waals surface area (Å²) in [5, 5.41) is 9.17. The Hall–Kier alpha value is -2.89. The fourth-order valence-electron chi connectivity index (χ4n) is 2.74. The smallest absolute Gasteiger partial charge is 0.335 e. The molecule has 0 fully saturated rings. The maximum absolute atomic E-state index is 13.0. The Kier molecular flexibility index (Phi) is 4.20. The van der Waals surface area contributed by atoms with Gasteiger partial charge in [0.2, 0.25) is 5.88 Å². The van der Waals surface area contributed by atoms with E-state index in [0.717, 1.165) is 5.56 Å². The molecular weight excluding hydrogens is 308 g/mol. The van der Waals surface area contributed by atoms with Crippen molar-refractivity contribution in [3.8, 4) is 5.88 Å². The Morgan fingerprint density at radius 3 is 2.79 bits per heavy atom. The molecule has 0 saturated heterocycles. The van der Waals surface area contributed by atoms with Crippen LogP contribution >= 0.6 is 0 Å². The number of pyridine rings is 1. The minimum atomic E-state index is -1.01. The second kappa shape index (κ2) is 6.31. The molecular formula is C18H18N2O4. The first-order valence-corrected chi connectivity index (χ1v) is 7.77. The van der Waals surface area contributed by atoms with Gasteiger partial charge in [0.15, 0.2) is 0 Å². The van der Waals surface area contributed by atoms with Crippen LogP contribution in [-0.4, -0.2) is 34.6 Å². The van der Waals surface area contributed by atoms with Crippen LogP contribution in [0, 0.1) is 0 Å². The number of carbonyl (C=O) groups is 2. The summed E-state index contributed by atoms with van der Waals surface area (Å²) in [5.74, 6) is -0.956. The molecule has 24 heavy (non-hydrogen) atoms. The van der Waals surface area contributed by atoms with Gasteiger partial charge in [0, 0.05) is 18.4 Å². The second-order valence-electron chi connectivity index (χ2n) is 5.88. The molecule has 1 N–H and O–H groups in total. The van der Waals surface area contributed by atoms with E-state index < -0.39 is 5.97 Å². The summed E-state index contributed by atoms with van der Waals surface area (Å²) in [7, 11) is 0. The minimum Gasteiger partial charge on any atom is -0.478 e. The van der Waals surface area contributed by atoms with E-state index in [1.54, 1.807) is 41.4 Å². The molecule has 2 aromatic rings. The normalized spacial score (nSPS) is 13.0. The second-order valence-corrected chi connectivity index (χ2v) is 5.88. The molecule has 3 rings (SSSR count). The van der Waals surface area contributed by atoms with Crippen molar-refractivity contribution in [1.29, 1.82) is 0 Å². The molecule has 0 radical (unpaired) electrons. The maximum Gasteiger partial charge on any atom is 0.335 e. The first-order chi connectivity index (χ1) is 11.5. The molecule has 1 aliphatic rings. The summed E-state index contributed by atoms with van der Waals surface area (Å²) in [6, 6.07) is 8.23. The first kappa shape index (κ1) is 16.0. The lowest BCUT2D eigenvalue weighted by molar-refractivity contribution is 0.0696. The highest BCUT2D eigenvalue weighted by Crippen LogP contribution is 2.31. The molecule has 6 heteroatoms. The molecule has 1 aromatic heterocycles. The Bertz CT molecular complexity index is 801. The van der Waals surface area contributed by atoms with Crippen molar-refractivity contribution in [1.82, 2.24) is 4.98 Å². The molecule has 0 spiro atoms. The highest BCUT2D eigenvalue weighted by molar-refractivity contribution is 6.09. The van der Waals surface area contributed by atoms with Gasteiger partial charge in [-0.25, -0.2) is 9.78 Å². The van der Waals surface area contributed by atoms with Crippen LogP contribution in [-0.2, 0) is 6.42 Å². The van der Waals surface area contributed by atoms with Gasteiger partial charge in [-0.2, -0.15) is 0 Å². The number of benzene rings is 1. The van der Waals surface area contributed by atoms with Gasteiger partial charge in [-0.05, 0) is 50.1 Å². The number of carboxylic acids is 1. The third-order valence-electron chi connectivity index (χ3n) is 3.82. The van der Waals surface area contributed by atoms with Crippen LogP contribution < -0.4 is 9.64 Å². The van der Waals surface area contributed by atoms with Crippen LogP contribution in [0.15, 0.2) is 36.5 Å². The summed E-state index contributed by atoms with van der Waals surface area (Å²) in [5.41, 5.74) is 2.14. The van der Waals surface area contributed by atoms with E-state index in [1.165, 1.54) is 0 Å². The molecule has 124 valence electrons. The summed E-state index contributed by atoms with van der Waals surface area (Å²) in [4.78, 5) is 29.9. The zero-order chi connectivity index (χ0) is 17.3. The fraction of sp³-hybridized carbons (Fsp3) is 0.278. The Morgan fingerprint density at radius 1 is 1.29 bits per heavy atom. The van der Waals surface area contributed by atoms with Crippen LogP contribution in [0.5, 0.6) is 5.88 Å². The highest BCUT2D eigenvalue weighted by Gasteiger charge is 2.28. The SMILES string of the molecule is CC(C)Oc1ncccc1C(=O)N1CCc2ccc(C(=O)O)cc21. The van der Waals surface area contributed by atoms with Gasteiger partial charge in [-0.3, -0.25) is 4.79 Å². The molecule has 0 atom stereocenters. The number of aromatic carboxylic acids is 1. The number of amides is 1. The Balaban J connectivity index is 1.97. The van der Waals surface area contributed by atoms with E-state index in [2.05, 4.69) is 4.98 Å². The van der Waals surface area contributed by atoms with Crippen LogP contribution in [0.1, 0.15) is 40.1 Å². The summed E-state index contributed by atoms with van der Waals surface area (Å²) >= 11 is 0. The largest absolute Gasteiger partial charge is 0.478 e. The average molecular weight is 326 g/mol. The number of fused-ring (bicyclic) bond motifs is 1. The lowest BCUT2D eigenvalue weighted by atomic mass is 10.1. The zero-order valence-corrected chi connectivity index (χ0v) is 13.5. The van der Waals surface area contributed by atoms with Crippen molar-refractivity contribution in [3.63, 3.8) is 0 Å². The number of aromatic nitrogens is 1. The van der Waals surface area contributed by atoms with E-state index >= 15 is 0 Å². The fourth-order valence-corrected chi connectivity index (χ4v) is 2.74. The summed E-state index contributed by atoms with van der Waals surface area (Å²) in [6.45, 7) is 4.24. The first-order valence-electron chi connectivity index (χ1n) is 7.77. The van der Waals surface area contributed by atoms with Gasteiger partial charge in [0.1, 0.15) is 5.56 Å². The Labute approximate surface area is 139 Å². The Morgan fingerprint density at radius 2 is 2.08 bits per heavy atom. The van der Waals surface area contributed by atoms with Crippen molar-refractivity contribution >= 4 is 17.6 Å². The summed E-state index contributed by atoms with van der Waals surface area (Å²) < 4.78 is 5.62. The molecule has 0 unspecified atom stereocenters. The minimum absolute atomic E-state index is 0.101. The van der Waals surface area contributed by atoms with Gasteiger partial charge < -0.3 is 14.7 Å². The number of ether oxygens (including phenoxy) is 1. The van der Waals surface area contributed by atoms with E-state index in [9.17, 15) is 9.59 Å². The van der Waals surface area contributed by atoms with Gasteiger partial charge in [-0.1, -0.05) is 6.07 Å². The number of nitrogens with zero attached hydrogens (tertiary/aromatic N) is 2. The van der Waals surface area contributed by atoms with Crippen molar-refractivity contribution < 1.29 is 19.4 Å². The third-order valence-corrected chi connectivity index (χ3v) is 3.82. The predicted molar refractivity (Wildman–Crippen MR) is 88.8 cm³/mol. The van der Waals surface area contributed by atoms with Gasteiger partial charge in [-0.15, -0.1) is 0 Å². The molecule has 0 saturated carbocycles. The van der Waals surface area contributed by atoms with Crippen LogP contribution in [0.3, 0.4) is 0 Å². The highest BCUT2D eigenvalue weighted by atomic mass is 16.5. The number of anilines is 1. The monoisotopic (exact) mass is 326 g/mol. The molecule has 2 heterocycles. The van der Waals surface area contributed by atoms with Crippen molar-refractivity contribution in [2.75, 3.05) is 11.4 Å². The van der Waals surface area contributed by atoms with Crippen molar-refractivity contribution in [2.24, 2.45) is 0 Å². The van der Waals surface area contributed by atoms with E-state index in [0.29, 0.717) is 30.1 Å². The standard InChI is InChI=1S/C18H18N2O4/c1-11(2)24-16-14(4-3-8-19-16)17(21)20-9-7-12-5-6-13(18(22)23)10-15(12)20/h3-6,8,10-11H,7,9H2,1-2H3,(H,22,23). The molecule has 0 aliphatic carbocycles. The number of carboxylic acid groups (broad SMARTS) is 1. The number of hydrogen-bond acceptors (Lipinski definition) is 4. The number of carbonyl (C=O) groups excluding carboxylic acids is 1. The average Bonchev–Trinajstić information content (AvgIpc) is 2.97. The molecule has 1 aromatic carbocycles. The van der Waals surface area contributed by atoms with Gasteiger partial charge >= 0.3 is 5.97 Å². The molecule has 6 nitrogen and oxygen atoms in total. The number of rotatable bonds is 4. The zero-order valence-electron chi connectivity index (χ0n) is 13.5. The molecule has 1 amide bonds. The van der Waals surface area contributed by atoms with Gasteiger partial charge in [0.25, 0.3) is 5.91 Å². The van der Waals surface area contributed by atoms with Crippen LogP contribution in [0.4, 0.5) is 5.69 Å². The molecule has 0 bridgehead atoms. The quantitative estimate of drug-likeness (QED) is 0.934. The van der Waals surface area contributed by atoms with E-state index in [-0.39, 0.29) is 17.6 Å². The summed E-state index contributed by atoms with van der Waals surface area (Å²) in [6.07, 6.45) is 2.17. The van der Waals surface area contributed by atoms with E-state index in [4.69, 9.17) is 9.84 Å². The van der Waals surface area contributed by atoms with Gasteiger partial charge in [0.05, 0.1) is 11.7 Å². The third kappa shape index (κ3) is 2.95. The lowest BCUT2D eigenvalue weighted by Crippen LogP contribution is -2.30. The van der Waals surface area contributed by atoms with Crippen LogP contribution in [0.2, 0.25) is 0 Å². The lowest BCUT2D eigenvalue weighted by Gasteiger charge is -2.20. The van der Waals surface area contributed by atoms with Crippen LogP contribution in [0.25, 0.3) is 0 Å². The topological polar surface area (TPSA) is 79.7 Å². The number of hydrogen-bond donors (Lipinski definition) is 1. The maximum atomic E-state index is 13.0. The van der Waals surface area contributed by atoms with E-state index in [1.807, 2.05) is 13.8 Å². The van der Waals surface area contributed by atoms with Crippen molar-refractivity contribution in [3.05, 3.63) is 53.2 Å². The predicted octanol–water partition coefficient (Wildman–Crippen LogP) is 2.77. The molecule has 1 aliphatic heterocycles.